The molecular formula is C27H30N2O6S. The topological polar surface area (TPSA) is 96.4 Å². The fourth-order valence-electron chi connectivity index (χ4n) is 4.12. The molecule has 0 unspecified atom stereocenters. The van der Waals surface area contributed by atoms with Gasteiger partial charge in [0.05, 0.1) is 11.0 Å². The summed E-state index contributed by atoms with van der Waals surface area (Å²) in [5.41, 5.74) is 2.57. The maximum absolute atomic E-state index is 13.2. The lowest BCUT2D eigenvalue weighted by molar-refractivity contribution is -0.139. The van der Waals surface area contributed by atoms with Gasteiger partial charge in [0, 0.05) is 43.5 Å². The Morgan fingerprint density at radius 1 is 0.944 bits per heavy atom. The monoisotopic (exact) mass is 510 g/mol. The van der Waals surface area contributed by atoms with Gasteiger partial charge < -0.3 is 19.5 Å². The zero-order valence-electron chi connectivity index (χ0n) is 20.3. The van der Waals surface area contributed by atoms with Crippen LogP contribution in [0.15, 0.2) is 77.7 Å². The van der Waals surface area contributed by atoms with E-state index in [2.05, 4.69) is 4.90 Å². The molecule has 1 saturated heterocycles. The van der Waals surface area contributed by atoms with Crippen LogP contribution in [0.4, 0.5) is 5.69 Å². The number of nitrogens with zero attached hydrogens (tertiary/aromatic N) is 2. The highest BCUT2D eigenvalue weighted by molar-refractivity contribution is 7.89. The largest absolute Gasteiger partial charge is 0.491 e. The van der Waals surface area contributed by atoms with Gasteiger partial charge in [0.15, 0.2) is 6.61 Å². The summed E-state index contributed by atoms with van der Waals surface area (Å²) in [5, 5.41) is 9.10. The molecule has 36 heavy (non-hydrogen) atoms. The minimum atomic E-state index is -3.62. The lowest BCUT2D eigenvalue weighted by Gasteiger charge is -2.35. The molecule has 0 saturated carbocycles. The number of sulfonamides is 1. The van der Waals surface area contributed by atoms with Crippen molar-refractivity contribution in [3.63, 3.8) is 0 Å². The molecule has 0 bridgehead atoms. The molecule has 190 valence electrons. The summed E-state index contributed by atoms with van der Waals surface area (Å²) in [6, 6.07) is 21.8. The van der Waals surface area contributed by atoms with Gasteiger partial charge in [-0.15, -0.1) is 0 Å². The molecule has 0 aromatic heterocycles. The molecule has 0 radical (unpaired) electrons. The molecule has 1 fully saturated rings. The van der Waals surface area contributed by atoms with Gasteiger partial charge >= 0.3 is 5.97 Å². The predicted molar refractivity (Wildman–Crippen MR) is 138 cm³/mol. The Morgan fingerprint density at radius 2 is 1.61 bits per heavy atom. The number of carboxylic acids is 1. The maximum Gasteiger partial charge on any atom is 0.341 e. The smallest absolute Gasteiger partial charge is 0.341 e. The van der Waals surface area contributed by atoms with Crippen LogP contribution < -0.4 is 14.4 Å². The van der Waals surface area contributed by atoms with E-state index in [1.165, 1.54) is 4.31 Å². The number of carbonyl (C=O) groups is 1. The Balaban J connectivity index is 1.48. The van der Waals surface area contributed by atoms with Gasteiger partial charge in [-0.25, -0.2) is 13.2 Å². The van der Waals surface area contributed by atoms with Crippen LogP contribution in [-0.4, -0.2) is 62.7 Å². The predicted octanol–water partition coefficient (Wildman–Crippen LogP) is 4.12. The molecule has 3 aromatic rings. The first kappa shape index (κ1) is 25.5. The molecule has 1 heterocycles. The molecular weight excluding hydrogens is 480 g/mol. The third kappa shape index (κ3) is 5.98. The minimum Gasteiger partial charge on any atom is -0.491 e. The average Bonchev–Trinajstić information content (AvgIpc) is 2.88. The Hall–Kier alpha value is -3.56. The molecule has 1 N–H and O–H groups in total. The molecule has 1 aliphatic heterocycles. The lowest BCUT2D eigenvalue weighted by Crippen LogP contribution is -2.48. The Kier molecular flexibility index (Phi) is 7.81. The fourth-order valence-corrected chi connectivity index (χ4v) is 5.54. The second-order valence-electron chi connectivity index (χ2n) is 8.76. The number of hydrogen-bond donors (Lipinski definition) is 1. The first-order chi connectivity index (χ1) is 17.2. The molecule has 0 amide bonds. The standard InChI is InChI=1S/C27H30N2O6S/c1-20(2)35-23-9-11-24(12-10-23)36(32,33)29-16-14-28(15-17-29)22-8-13-25(21-6-4-3-5-7-21)26(18-22)34-19-27(30)31/h3-13,18,20H,14-17,19H2,1-2H3,(H,30,31). The Morgan fingerprint density at radius 3 is 2.22 bits per heavy atom. The zero-order chi connectivity index (χ0) is 25.7. The van der Waals surface area contributed by atoms with Crippen molar-refractivity contribution < 1.29 is 27.8 Å². The van der Waals surface area contributed by atoms with Crippen LogP contribution in [0.3, 0.4) is 0 Å². The summed E-state index contributed by atoms with van der Waals surface area (Å²) in [7, 11) is -3.62. The van der Waals surface area contributed by atoms with E-state index in [1.807, 2.05) is 62.4 Å². The summed E-state index contributed by atoms with van der Waals surface area (Å²) in [6.45, 7) is 5.04. The Labute approximate surface area is 211 Å². The van der Waals surface area contributed by atoms with Crippen molar-refractivity contribution in [2.45, 2.75) is 24.8 Å². The molecule has 3 aromatic carbocycles. The third-order valence-electron chi connectivity index (χ3n) is 5.84. The highest BCUT2D eigenvalue weighted by Crippen LogP contribution is 2.34. The van der Waals surface area contributed by atoms with Crippen molar-refractivity contribution in [1.82, 2.24) is 4.31 Å². The van der Waals surface area contributed by atoms with E-state index < -0.39 is 22.6 Å². The van der Waals surface area contributed by atoms with Gasteiger partial charge in [-0.2, -0.15) is 4.31 Å². The molecule has 1 aliphatic rings. The number of anilines is 1. The van der Waals surface area contributed by atoms with E-state index in [0.29, 0.717) is 37.7 Å². The second kappa shape index (κ2) is 11.0. The first-order valence-electron chi connectivity index (χ1n) is 11.8. The molecule has 0 atom stereocenters. The van der Waals surface area contributed by atoms with E-state index in [4.69, 9.17) is 14.6 Å². The molecule has 8 nitrogen and oxygen atoms in total. The van der Waals surface area contributed by atoms with Crippen molar-refractivity contribution in [3.05, 3.63) is 72.8 Å². The van der Waals surface area contributed by atoms with Crippen molar-refractivity contribution in [3.8, 4) is 22.6 Å². The fraction of sp³-hybridized carbons (Fsp3) is 0.296. The summed E-state index contributed by atoms with van der Waals surface area (Å²) < 4.78 is 39.0. The summed E-state index contributed by atoms with van der Waals surface area (Å²) in [6.07, 6.45) is 0.0114. The number of carboxylic acid groups (broad SMARTS) is 1. The molecule has 9 heteroatoms. The van der Waals surface area contributed by atoms with E-state index in [1.54, 1.807) is 24.3 Å². The summed E-state index contributed by atoms with van der Waals surface area (Å²) in [5.74, 6) is 0.0514. The van der Waals surface area contributed by atoms with Crippen molar-refractivity contribution in [2.75, 3.05) is 37.7 Å². The number of rotatable bonds is 9. The first-order valence-corrected chi connectivity index (χ1v) is 13.2. The molecule has 0 aliphatic carbocycles. The number of piperazine rings is 1. The van der Waals surface area contributed by atoms with E-state index in [0.717, 1.165) is 16.8 Å². The number of hydrogen-bond acceptors (Lipinski definition) is 6. The summed E-state index contributed by atoms with van der Waals surface area (Å²) >= 11 is 0. The van der Waals surface area contributed by atoms with E-state index in [-0.39, 0.29) is 11.0 Å². The quantitative estimate of drug-likeness (QED) is 0.463. The van der Waals surface area contributed by atoms with Gasteiger partial charge in [-0.1, -0.05) is 30.3 Å². The van der Waals surface area contributed by atoms with Crippen molar-refractivity contribution in [2.24, 2.45) is 0 Å². The highest BCUT2D eigenvalue weighted by atomic mass is 32.2. The lowest BCUT2D eigenvalue weighted by atomic mass is 10.0. The van der Waals surface area contributed by atoms with Crippen LogP contribution in [0.5, 0.6) is 11.5 Å². The van der Waals surface area contributed by atoms with Gasteiger partial charge in [-0.3, -0.25) is 0 Å². The van der Waals surface area contributed by atoms with E-state index in [9.17, 15) is 13.2 Å². The van der Waals surface area contributed by atoms with Crippen molar-refractivity contribution in [1.29, 1.82) is 0 Å². The van der Waals surface area contributed by atoms with E-state index >= 15 is 0 Å². The van der Waals surface area contributed by atoms with Gasteiger partial charge in [0.2, 0.25) is 10.0 Å². The normalized spacial score (nSPS) is 14.6. The van der Waals surface area contributed by atoms with Crippen molar-refractivity contribution >= 4 is 21.7 Å². The second-order valence-corrected chi connectivity index (χ2v) is 10.7. The van der Waals surface area contributed by atoms with Crippen LogP contribution >= 0.6 is 0 Å². The average molecular weight is 511 g/mol. The van der Waals surface area contributed by atoms with Crippen LogP contribution in [0.1, 0.15) is 13.8 Å². The van der Waals surface area contributed by atoms with Crippen LogP contribution in [-0.2, 0) is 14.8 Å². The van der Waals surface area contributed by atoms with Gasteiger partial charge in [0.1, 0.15) is 11.5 Å². The SMILES string of the molecule is CC(C)Oc1ccc(S(=O)(=O)N2CCN(c3ccc(-c4ccccc4)c(OCC(=O)O)c3)CC2)cc1. The molecule has 4 rings (SSSR count). The third-order valence-corrected chi connectivity index (χ3v) is 7.75. The Bertz CT molecular complexity index is 1290. The van der Waals surface area contributed by atoms with Gasteiger partial charge in [-0.05, 0) is 55.8 Å². The summed E-state index contributed by atoms with van der Waals surface area (Å²) in [4.78, 5) is 13.4. The van der Waals surface area contributed by atoms with Crippen LogP contribution in [0.2, 0.25) is 0 Å². The van der Waals surface area contributed by atoms with Crippen LogP contribution in [0.25, 0.3) is 11.1 Å². The minimum absolute atomic E-state index is 0.0114. The number of aliphatic carboxylic acids is 1. The maximum atomic E-state index is 13.2. The molecule has 0 spiro atoms. The zero-order valence-corrected chi connectivity index (χ0v) is 21.1. The number of ether oxygens (including phenoxy) is 2. The highest BCUT2D eigenvalue weighted by Gasteiger charge is 2.29. The number of benzene rings is 3. The van der Waals surface area contributed by atoms with Crippen LogP contribution in [0, 0.1) is 0 Å². The van der Waals surface area contributed by atoms with Gasteiger partial charge in [0.25, 0.3) is 0 Å².